The predicted octanol–water partition coefficient (Wildman–Crippen LogP) is 3.74. The third-order valence-corrected chi connectivity index (χ3v) is 3.44. The van der Waals surface area contributed by atoms with Gasteiger partial charge in [-0.3, -0.25) is 0 Å². The molecule has 0 unspecified atom stereocenters. The lowest BCUT2D eigenvalue weighted by Gasteiger charge is -2.08. The van der Waals surface area contributed by atoms with Crippen molar-refractivity contribution in [3.8, 4) is 0 Å². The van der Waals surface area contributed by atoms with E-state index in [2.05, 4.69) is 52.8 Å². The maximum atomic E-state index is 5.77. The van der Waals surface area contributed by atoms with E-state index in [4.69, 9.17) is 5.73 Å². The van der Waals surface area contributed by atoms with Crippen LogP contribution in [0, 0.1) is 6.92 Å². The van der Waals surface area contributed by atoms with Gasteiger partial charge in [0.05, 0.1) is 11.9 Å². The molecule has 0 amide bonds. The second kappa shape index (κ2) is 5.21. The first-order chi connectivity index (χ1) is 9.72. The van der Waals surface area contributed by atoms with Crippen LogP contribution in [0.25, 0.3) is 10.8 Å². The van der Waals surface area contributed by atoms with E-state index in [-0.39, 0.29) is 0 Å². The average Bonchev–Trinajstić information content (AvgIpc) is 2.48. The van der Waals surface area contributed by atoms with Gasteiger partial charge in [0.2, 0.25) is 0 Å². The zero-order valence-corrected chi connectivity index (χ0v) is 11.4. The summed E-state index contributed by atoms with van der Waals surface area (Å²) in [5.41, 5.74) is 8.77. The maximum absolute atomic E-state index is 5.77. The predicted molar refractivity (Wildman–Crippen MR) is 84.7 cm³/mol. The van der Waals surface area contributed by atoms with E-state index in [1.54, 1.807) is 6.20 Å². The van der Waals surface area contributed by atoms with Crippen molar-refractivity contribution in [1.29, 1.82) is 0 Å². The normalized spacial score (nSPS) is 10.7. The third kappa shape index (κ3) is 2.57. The molecule has 3 N–H and O–H groups in total. The zero-order valence-electron chi connectivity index (χ0n) is 11.4. The summed E-state index contributed by atoms with van der Waals surface area (Å²) in [6, 6.07) is 16.8. The Balaban J connectivity index is 1.77. The van der Waals surface area contributed by atoms with Gasteiger partial charge in [-0.15, -0.1) is 0 Å². The molecule has 2 aromatic carbocycles. The van der Waals surface area contributed by atoms with E-state index in [9.17, 15) is 0 Å². The van der Waals surface area contributed by atoms with E-state index in [0.29, 0.717) is 0 Å². The van der Waals surface area contributed by atoms with Gasteiger partial charge in [0.25, 0.3) is 0 Å². The molecular weight excluding hydrogens is 246 g/mol. The summed E-state index contributed by atoms with van der Waals surface area (Å²) in [6.07, 6.45) is 1.69. The lowest BCUT2D eigenvalue weighted by molar-refractivity contribution is 1.11. The van der Waals surface area contributed by atoms with Gasteiger partial charge in [-0.25, -0.2) is 4.98 Å². The summed E-state index contributed by atoms with van der Waals surface area (Å²) in [6.45, 7) is 2.74. The van der Waals surface area contributed by atoms with Gasteiger partial charge in [0.1, 0.15) is 5.82 Å². The van der Waals surface area contributed by atoms with Crippen molar-refractivity contribution in [3.05, 3.63) is 65.9 Å². The fourth-order valence-electron chi connectivity index (χ4n) is 2.20. The zero-order chi connectivity index (χ0) is 13.9. The van der Waals surface area contributed by atoms with E-state index in [0.717, 1.165) is 23.6 Å². The Morgan fingerprint density at radius 1 is 1.05 bits per heavy atom. The lowest BCUT2D eigenvalue weighted by atomic mass is 10.1. The van der Waals surface area contributed by atoms with Crippen LogP contribution < -0.4 is 11.1 Å². The molecular formula is C17H17N3. The smallest absolute Gasteiger partial charge is 0.126 e. The molecule has 0 atom stereocenters. The van der Waals surface area contributed by atoms with E-state index >= 15 is 0 Å². The number of aromatic nitrogens is 1. The summed E-state index contributed by atoms with van der Waals surface area (Å²) >= 11 is 0. The molecule has 0 bridgehead atoms. The van der Waals surface area contributed by atoms with Gasteiger partial charge in [-0.05, 0) is 41.0 Å². The van der Waals surface area contributed by atoms with E-state index < -0.39 is 0 Å². The summed E-state index contributed by atoms with van der Waals surface area (Å²) in [7, 11) is 0. The largest absolute Gasteiger partial charge is 0.397 e. The average molecular weight is 263 g/mol. The molecule has 3 aromatic rings. The van der Waals surface area contributed by atoms with E-state index in [1.807, 2.05) is 13.0 Å². The first-order valence-corrected chi connectivity index (χ1v) is 6.66. The van der Waals surface area contributed by atoms with Crippen molar-refractivity contribution in [3.63, 3.8) is 0 Å². The van der Waals surface area contributed by atoms with Crippen LogP contribution in [-0.2, 0) is 6.54 Å². The number of hydrogen-bond donors (Lipinski definition) is 2. The number of nitrogens with two attached hydrogens (primary N) is 1. The van der Waals surface area contributed by atoms with Crippen LogP contribution in [0.4, 0.5) is 11.5 Å². The molecule has 0 radical (unpaired) electrons. The number of nitrogens with zero attached hydrogens (tertiary/aromatic N) is 1. The molecule has 0 aliphatic rings. The summed E-state index contributed by atoms with van der Waals surface area (Å²) in [5, 5.41) is 5.85. The van der Waals surface area contributed by atoms with Crippen molar-refractivity contribution in [1.82, 2.24) is 4.98 Å². The number of fused-ring (bicyclic) bond motifs is 1. The molecule has 0 saturated heterocycles. The Labute approximate surface area is 118 Å². The number of nitrogen functional groups attached to an aromatic ring is 1. The molecule has 0 saturated carbocycles. The molecule has 3 heteroatoms. The van der Waals surface area contributed by atoms with Crippen molar-refractivity contribution in [2.45, 2.75) is 13.5 Å². The standard InChI is InChI=1S/C17H17N3/c1-12-8-17(20-11-16(12)18)19-10-13-6-7-14-4-2-3-5-15(14)9-13/h2-9,11H,10,18H2,1H3,(H,19,20). The minimum absolute atomic E-state index is 0.723. The molecule has 100 valence electrons. The quantitative estimate of drug-likeness (QED) is 0.757. The number of aryl methyl sites for hydroxylation is 1. The number of anilines is 2. The SMILES string of the molecule is Cc1cc(NCc2ccc3ccccc3c2)ncc1N. The molecule has 1 aromatic heterocycles. The second-order valence-corrected chi connectivity index (χ2v) is 4.96. The van der Waals surface area contributed by atoms with Crippen molar-refractivity contribution in [2.75, 3.05) is 11.1 Å². The Hall–Kier alpha value is -2.55. The lowest BCUT2D eigenvalue weighted by Crippen LogP contribution is -2.02. The van der Waals surface area contributed by atoms with Crippen LogP contribution in [-0.4, -0.2) is 4.98 Å². The fourth-order valence-corrected chi connectivity index (χ4v) is 2.20. The first kappa shape index (κ1) is 12.5. The Kier molecular flexibility index (Phi) is 3.25. The molecule has 3 nitrogen and oxygen atoms in total. The fraction of sp³-hybridized carbons (Fsp3) is 0.118. The molecule has 0 aliphatic carbocycles. The van der Waals surface area contributed by atoms with Gasteiger partial charge >= 0.3 is 0 Å². The second-order valence-electron chi connectivity index (χ2n) is 4.96. The van der Waals surface area contributed by atoms with E-state index in [1.165, 1.54) is 16.3 Å². The molecule has 0 fully saturated rings. The summed E-state index contributed by atoms with van der Waals surface area (Å²) in [4.78, 5) is 4.28. The Morgan fingerprint density at radius 2 is 1.85 bits per heavy atom. The minimum atomic E-state index is 0.723. The van der Waals surface area contributed by atoms with Crippen LogP contribution in [0.1, 0.15) is 11.1 Å². The molecule has 0 spiro atoms. The Bertz CT molecular complexity index is 750. The Morgan fingerprint density at radius 3 is 2.65 bits per heavy atom. The van der Waals surface area contributed by atoms with Crippen molar-refractivity contribution in [2.24, 2.45) is 0 Å². The van der Waals surface area contributed by atoms with Gasteiger partial charge in [-0.1, -0.05) is 36.4 Å². The monoisotopic (exact) mass is 263 g/mol. The van der Waals surface area contributed by atoms with Gasteiger partial charge < -0.3 is 11.1 Å². The highest BCUT2D eigenvalue weighted by atomic mass is 15.0. The number of nitrogens with one attached hydrogen (secondary N) is 1. The van der Waals surface area contributed by atoms with Gasteiger partial charge in [-0.2, -0.15) is 0 Å². The van der Waals surface area contributed by atoms with Crippen LogP contribution >= 0.6 is 0 Å². The first-order valence-electron chi connectivity index (χ1n) is 6.66. The number of hydrogen-bond acceptors (Lipinski definition) is 3. The van der Waals surface area contributed by atoms with Crippen molar-refractivity contribution >= 4 is 22.3 Å². The van der Waals surface area contributed by atoms with Gasteiger partial charge in [0.15, 0.2) is 0 Å². The van der Waals surface area contributed by atoms with Crippen LogP contribution in [0.15, 0.2) is 54.7 Å². The topological polar surface area (TPSA) is 50.9 Å². The maximum Gasteiger partial charge on any atom is 0.126 e. The minimum Gasteiger partial charge on any atom is -0.397 e. The third-order valence-electron chi connectivity index (χ3n) is 3.44. The van der Waals surface area contributed by atoms with Crippen molar-refractivity contribution < 1.29 is 0 Å². The molecule has 0 aliphatic heterocycles. The highest BCUT2D eigenvalue weighted by Crippen LogP contribution is 2.17. The number of pyridine rings is 1. The van der Waals surface area contributed by atoms with Crippen LogP contribution in [0.2, 0.25) is 0 Å². The summed E-state index contributed by atoms with van der Waals surface area (Å²) in [5.74, 6) is 0.852. The van der Waals surface area contributed by atoms with Gasteiger partial charge in [0, 0.05) is 6.54 Å². The molecule has 3 rings (SSSR count). The molecule has 1 heterocycles. The number of rotatable bonds is 3. The van der Waals surface area contributed by atoms with Crippen LogP contribution in [0.3, 0.4) is 0 Å². The summed E-state index contributed by atoms with van der Waals surface area (Å²) < 4.78 is 0. The van der Waals surface area contributed by atoms with Crippen LogP contribution in [0.5, 0.6) is 0 Å². The highest BCUT2D eigenvalue weighted by Gasteiger charge is 2.00. The number of benzene rings is 2. The molecule has 20 heavy (non-hydrogen) atoms. The highest BCUT2D eigenvalue weighted by molar-refractivity contribution is 5.83.